The Balaban J connectivity index is 2.73. The molecule has 1 heterocycles. The number of thioether (sulfide) groups is 1. The highest BCUT2D eigenvalue weighted by Crippen LogP contribution is 2.32. The molecule has 0 radical (unpaired) electrons. The SMILES string of the molecule is CCCC1SCC(C(=O)O)N1C(=O)NC(C)CS(C)=O. The molecule has 0 saturated carbocycles. The first kappa shape index (κ1) is 17.3. The van der Waals surface area contributed by atoms with Crippen LogP contribution in [0.2, 0.25) is 0 Å². The number of carbonyl (C=O) groups is 2. The summed E-state index contributed by atoms with van der Waals surface area (Å²) in [5, 5.41) is 11.9. The Morgan fingerprint density at radius 3 is 2.70 bits per heavy atom. The predicted molar refractivity (Wildman–Crippen MR) is 81.3 cm³/mol. The number of carbonyl (C=O) groups excluding carboxylic acids is 1. The van der Waals surface area contributed by atoms with Gasteiger partial charge in [0.2, 0.25) is 0 Å². The van der Waals surface area contributed by atoms with Crippen molar-refractivity contribution in [3.63, 3.8) is 0 Å². The van der Waals surface area contributed by atoms with Crippen LogP contribution in [0.3, 0.4) is 0 Å². The molecule has 0 aromatic carbocycles. The molecule has 1 fully saturated rings. The highest BCUT2D eigenvalue weighted by molar-refractivity contribution is 8.00. The lowest BCUT2D eigenvalue weighted by atomic mass is 10.2. The van der Waals surface area contributed by atoms with Crippen LogP contribution in [0.25, 0.3) is 0 Å². The summed E-state index contributed by atoms with van der Waals surface area (Å²) >= 11 is 1.51. The molecule has 0 aromatic heterocycles. The highest BCUT2D eigenvalue weighted by Gasteiger charge is 2.41. The Labute approximate surface area is 126 Å². The fraction of sp³-hybridized carbons (Fsp3) is 0.833. The van der Waals surface area contributed by atoms with Gasteiger partial charge in [-0.1, -0.05) is 13.3 Å². The molecule has 1 aliphatic heterocycles. The van der Waals surface area contributed by atoms with E-state index in [1.807, 2.05) is 6.92 Å². The molecule has 2 N–H and O–H groups in total. The van der Waals surface area contributed by atoms with Gasteiger partial charge in [0.1, 0.15) is 6.04 Å². The number of aliphatic carboxylic acids is 1. The Bertz CT molecular complexity index is 392. The van der Waals surface area contributed by atoms with E-state index in [1.165, 1.54) is 16.7 Å². The summed E-state index contributed by atoms with van der Waals surface area (Å²) < 4.78 is 11.1. The third-order valence-corrected chi connectivity index (χ3v) is 5.33. The summed E-state index contributed by atoms with van der Waals surface area (Å²) in [6.45, 7) is 3.78. The first-order valence-corrected chi connectivity index (χ1v) is 9.37. The van der Waals surface area contributed by atoms with E-state index in [-0.39, 0.29) is 17.4 Å². The minimum absolute atomic E-state index is 0.0968. The zero-order chi connectivity index (χ0) is 15.3. The number of hydrogen-bond donors (Lipinski definition) is 2. The second-order valence-corrected chi connectivity index (χ2v) is 7.62. The van der Waals surface area contributed by atoms with Crippen molar-refractivity contribution < 1.29 is 18.9 Å². The van der Waals surface area contributed by atoms with Crippen molar-refractivity contribution in [2.24, 2.45) is 0 Å². The van der Waals surface area contributed by atoms with Crippen molar-refractivity contribution in [3.8, 4) is 0 Å². The van der Waals surface area contributed by atoms with Gasteiger partial charge in [0.05, 0.1) is 5.37 Å². The summed E-state index contributed by atoms with van der Waals surface area (Å²) in [6, 6.07) is -1.40. The van der Waals surface area contributed by atoms with E-state index in [2.05, 4.69) is 5.32 Å². The minimum atomic E-state index is -0.998. The lowest BCUT2D eigenvalue weighted by molar-refractivity contribution is -0.141. The smallest absolute Gasteiger partial charge is 0.327 e. The topological polar surface area (TPSA) is 86.7 Å². The number of rotatable bonds is 6. The number of amides is 2. The predicted octanol–water partition coefficient (Wildman–Crippen LogP) is 1.09. The molecular formula is C12H22N2O4S2. The van der Waals surface area contributed by atoms with Crippen LogP contribution in [0, 0.1) is 0 Å². The molecule has 20 heavy (non-hydrogen) atoms. The first-order valence-electron chi connectivity index (χ1n) is 6.60. The Morgan fingerprint density at radius 1 is 1.55 bits per heavy atom. The Hall–Kier alpha value is -0.760. The van der Waals surface area contributed by atoms with Crippen LogP contribution in [-0.4, -0.2) is 61.4 Å². The Morgan fingerprint density at radius 2 is 2.20 bits per heavy atom. The molecular weight excluding hydrogens is 300 g/mol. The summed E-state index contributed by atoms with van der Waals surface area (Å²) in [6.07, 6.45) is 3.24. The van der Waals surface area contributed by atoms with Crippen molar-refractivity contribution >= 4 is 34.6 Å². The van der Waals surface area contributed by atoms with Crippen molar-refractivity contribution in [1.82, 2.24) is 10.2 Å². The van der Waals surface area contributed by atoms with Crippen molar-refractivity contribution in [2.45, 2.75) is 44.1 Å². The summed E-state index contributed by atoms with van der Waals surface area (Å²) in [5.74, 6) is -0.192. The molecule has 116 valence electrons. The van der Waals surface area contributed by atoms with Crippen LogP contribution in [0.4, 0.5) is 4.79 Å². The second-order valence-electron chi connectivity index (χ2n) is 4.93. The molecule has 1 rings (SSSR count). The van der Waals surface area contributed by atoms with Crippen molar-refractivity contribution in [1.29, 1.82) is 0 Å². The standard InChI is InChI=1S/C12H22N2O4S2/c1-4-5-10-14(9(6-19-10)11(15)16)12(17)13-8(2)7-20(3)18/h8-10H,4-7H2,1-3H3,(H,13,17)(H,15,16). The van der Waals surface area contributed by atoms with Gasteiger partial charge in [-0.2, -0.15) is 0 Å². The van der Waals surface area contributed by atoms with Gasteiger partial charge in [0.15, 0.2) is 0 Å². The summed E-state index contributed by atoms with van der Waals surface area (Å²) in [7, 11) is -0.998. The van der Waals surface area contributed by atoms with Crippen LogP contribution in [0.5, 0.6) is 0 Å². The Kier molecular flexibility index (Phi) is 6.81. The molecule has 0 aromatic rings. The van der Waals surface area contributed by atoms with Crippen molar-refractivity contribution in [3.05, 3.63) is 0 Å². The normalized spacial score (nSPS) is 25.2. The van der Waals surface area contributed by atoms with E-state index in [0.717, 1.165) is 12.8 Å². The largest absolute Gasteiger partial charge is 0.480 e. The molecule has 4 unspecified atom stereocenters. The number of carboxylic acid groups (broad SMARTS) is 1. The van der Waals surface area contributed by atoms with Crippen LogP contribution in [0.15, 0.2) is 0 Å². The molecule has 0 spiro atoms. The van der Waals surface area contributed by atoms with Crippen LogP contribution < -0.4 is 5.32 Å². The molecule has 4 atom stereocenters. The third kappa shape index (κ3) is 4.66. The molecule has 1 aliphatic rings. The highest BCUT2D eigenvalue weighted by atomic mass is 32.2. The molecule has 0 aliphatic carbocycles. The van der Waals surface area contributed by atoms with Crippen LogP contribution in [0.1, 0.15) is 26.7 Å². The van der Waals surface area contributed by atoms with E-state index in [1.54, 1.807) is 13.2 Å². The van der Waals surface area contributed by atoms with E-state index < -0.39 is 22.8 Å². The maximum Gasteiger partial charge on any atom is 0.327 e. The third-order valence-electron chi connectivity index (χ3n) is 3.00. The van der Waals surface area contributed by atoms with Crippen molar-refractivity contribution in [2.75, 3.05) is 17.8 Å². The summed E-state index contributed by atoms with van der Waals surface area (Å²) in [4.78, 5) is 24.9. The van der Waals surface area contributed by atoms with Gasteiger partial charge in [-0.15, -0.1) is 11.8 Å². The molecule has 2 amide bonds. The quantitative estimate of drug-likeness (QED) is 0.764. The van der Waals surface area contributed by atoms with E-state index in [0.29, 0.717) is 11.5 Å². The maximum atomic E-state index is 12.3. The number of urea groups is 1. The lowest BCUT2D eigenvalue weighted by Crippen LogP contribution is -2.52. The molecule has 0 bridgehead atoms. The van der Waals surface area contributed by atoms with E-state index in [4.69, 9.17) is 0 Å². The van der Waals surface area contributed by atoms with Gasteiger partial charge in [-0.05, 0) is 13.3 Å². The van der Waals surface area contributed by atoms with E-state index >= 15 is 0 Å². The minimum Gasteiger partial charge on any atom is -0.480 e. The summed E-state index contributed by atoms with van der Waals surface area (Å²) in [5.41, 5.74) is 0. The van der Waals surface area contributed by atoms with Crippen LogP contribution >= 0.6 is 11.8 Å². The van der Waals surface area contributed by atoms with Gasteiger partial charge in [0, 0.05) is 34.6 Å². The number of hydrogen-bond acceptors (Lipinski definition) is 4. The zero-order valence-electron chi connectivity index (χ0n) is 12.0. The average molecular weight is 322 g/mol. The van der Waals surface area contributed by atoms with Gasteiger partial charge in [0.25, 0.3) is 0 Å². The number of nitrogens with one attached hydrogen (secondary N) is 1. The molecule has 1 saturated heterocycles. The fourth-order valence-electron chi connectivity index (χ4n) is 2.17. The lowest BCUT2D eigenvalue weighted by Gasteiger charge is -2.28. The number of nitrogens with zero attached hydrogens (tertiary/aromatic N) is 1. The fourth-order valence-corrected chi connectivity index (χ4v) is 4.48. The van der Waals surface area contributed by atoms with Crippen LogP contribution in [-0.2, 0) is 15.6 Å². The number of carboxylic acids is 1. The van der Waals surface area contributed by atoms with Gasteiger partial charge < -0.3 is 10.4 Å². The van der Waals surface area contributed by atoms with Gasteiger partial charge in [-0.3, -0.25) is 9.11 Å². The van der Waals surface area contributed by atoms with Gasteiger partial charge >= 0.3 is 12.0 Å². The molecule has 6 nitrogen and oxygen atoms in total. The maximum absolute atomic E-state index is 12.3. The second kappa shape index (κ2) is 7.87. The molecule has 8 heteroatoms. The first-order chi connectivity index (χ1) is 9.36. The zero-order valence-corrected chi connectivity index (χ0v) is 13.6. The average Bonchev–Trinajstić information content (AvgIpc) is 2.72. The van der Waals surface area contributed by atoms with E-state index in [9.17, 15) is 18.9 Å². The van der Waals surface area contributed by atoms with Gasteiger partial charge in [-0.25, -0.2) is 9.59 Å². The monoisotopic (exact) mass is 322 g/mol.